The molecule has 0 aliphatic carbocycles. The number of anilines is 2. The molecule has 1 heterocycles. The van der Waals surface area contributed by atoms with Gasteiger partial charge >= 0.3 is 6.03 Å². The number of carbonyl (C=O) groups is 3. The molecule has 1 fully saturated rings. The van der Waals surface area contributed by atoms with Crippen LogP contribution in [0.15, 0.2) is 48.5 Å². The van der Waals surface area contributed by atoms with Crippen LogP contribution < -0.4 is 16.4 Å². The van der Waals surface area contributed by atoms with Crippen molar-refractivity contribution in [2.24, 2.45) is 5.73 Å². The van der Waals surface area contributed by atoms with E-state index >= 15 is 0 Å². The standard InChI is InChI=1S/C21H24N4O3/c1-14-5-2-3-12-25(14)20(27)15-8-10-17(11-9-15)23-19(26)16-6-4-7-18(13-16)24-21(22)28/h4,6-11,13-14H,2-3,5,12H2,1H3,(H,23,26)(H3,22,24,28). The molecular weight excluding hydrogens is 356 g/mol. The smallest absolute Gasteiger partial charge is 0.316 e. The van der Waals surface area contributed by atoms with Crippen molar-refractivity contribution in [1.82, 2.24) is 4.90 Å². The van der Waals surface area contributed by atoms with Gasteiger partial charge in [0.05, 0.1) is 0 Å². The Bertz CT molecular complexity index is 879. The van der Waals surface area contributed by atoms with Gasteiger partial charge in [0.15, 0.2) is 0 Å². The molecule has 146 valence electrons. The van der Waals surface area contributed by atoms with E-state index in [2.05, 4.69) is 17.6 Å². The van der Waals surface area contributed by atoms with Crippen molar-refractivity contribution in [3.63, 3.8) is 0 Å². The van der Waals surface area contributed by atoms with Gasteiger partial charge in [-0.1, -0.05) is 6.07 Å². The molecule has 7 nitrogen and oxygen atoms in total. The second-order valence-electron chi connectivity index (χ2n) is 6.94. The van der Waals surface area contributed by atoms with Crippen molar-refractivity contribution < 1.29 is 14.4 Å². The first-order valence-corrected chi connectivity index (χ1v) is 9.33. The Morgan fingerprint density at radius 2 is 1.71 bits per heavy atom. The zero-order valence-corrected chi connectivity index (χ0v) is 15.8. The van der Waals surface area contributed by atoms with E-state index in [1.54, 1.807) is 42.5 Å². The van der Waals surface area contributed by atoms with Crippen LogP contribution in [0.3, 0.4) is 0 Å². The molecule has 28 heavy (non-hydrogen) atoms. The minimum Gasteiger partial charge on any atom is -0.351 e. The maximum absolute atomic E-state index is 12.7. The van der Waals surface area contributed by atoms with E-state index < -0.39 is 6.03 Å². The van der Waals surface area contributed by atoms with E-state index in [9.17, 15) is 14.4 Å². The van der Waals surface area contributed by atoms with E-state index in [1.165, 1.54) is 6.07 Å². The summed E-state index contributed by atoms with van der Waals surface area (Å²) in [6.07, 6.45) is 3.23. The number of primary amides is 1. The molecule has 1 aliphatic rings. The summed E-state index contributed by atoms with van der Waals surface area (Å²) in [4.78, 5) is 38.0. The second-order valence-corrected chi connectivity index (χ2v) is 6.94. The van der Waals surface area contributed by atoms with Crippen molar-refractivity contribution in [1.29, 1.82) is 0 Å². The Hall–Kier alpha value is -3.35. The highest BCUT2D eigenvalue weighted by Gasteiger charge is 2.24. The van der Waals surface area contributed by atoms with Crippen LogP contribution in [0.25, 0.3) is 0 Å². The Morgan fingerprint density at radius 3 is 2.39 bits per heavy atom. The minimum atomic E-state index is -0.694. The molecule has 4 amide bonds. The molecule has 1 aliphatic heterocycles. The number of amides is 4. The number of likely N-dealkylation sites (tertiary alicyclic amines) is 1. The predicted molar refractivity (Wildman–Crippen MR) is 108 cm³/mol. The molecule has 2 aromatic rings. The highest BCUT2D eigenvalue weighted by molar-refractivity contribution is 6.05. The largest absolute Gasteiger partial charge is 0.351 e. The summed E-state index contributed by atoms with van der Waals surface area (Å²) in [6.45, 7) is 2.86. The monoisotopic (exact) mass is 380 g/mol. The average molecular weight is 380 g/mol. The normalized spacial score (nSPS) is 16.3. The molecule has 1 saturated heterocycles. The number of hydrogen-bond acceptors (Lipinski definition) is 3. The van der Waals surface area contributed by atoms with Gasteiger partial charge in [0.25, 0.3) is 11.8 Å². The van der Waals surface area contributed by atoms with Gasteiger partial charge in [0.1, 0.15) is 0 Å². The molecule has 0 bridgehead atoms. The van der Waals surface area contributed by atoms with Crippen LogP contribution in [-0.2, 0) is 0 Å². The summed E-state index contributed by atoms with van der Waals surface area (Å²) in [5.74, 6) is -0.299. The third kappa shape index (κ3) is 4.68. The summed E-state index contributed by atoms with van der Waals surface area (Å²) >= 11 is 0. The van der Waals surface area contributed by atoms with Crippen LogP contribution in [0, 0.1) is 0 Å². The van der Waals surface area contributed by atoms with Crippen molar-refractivity contribution in [3.05, 3.63) is 59.7 Å². The summed E-state index contributed by atoms with van der Waals surface area (Å²) in [6, 6.07) is 12.9. The number of piperidine rings is 1. The first kappa shape index (κ1) is 19.4. The summed E-state index contributed by atoms with van der Waals surface area (Å²) in [7, 11) is 0. The summed E-state index contributed by atoms with van der Waals surface area (Å²) in [5.41, 5.74) is 7.11. The topological polar surface area (TPSA) is 105 Å². The summed E-state index contributed by atoms with van der Waals surface area (Å²) in [5, 5.41) is 5.22. The van der Waals surface area contributed by atoms with Crippen molar-refractivity contribution >= 4 is 29.2 Å². The van der Waals surface area contributed by atoms with Crippen LogP contribution in [-0.4, -0.2) is 35.3 Å². The van der Waals surface area contributed by atoms with Gasteiger partial charge in [-0.15, -0.1) is 0 Å². The van der Waals surface area contributed by atoms with Crippen molar-refractivity contribution in [2.75, 3.05) is 17.2 Å². The number of nitrogens with zero attached hydrogens (tertiary/aromatic N) is 1. The van der Waals surface area contributed by atoms with Crippen LogP contribution >= 0.6 is 0 Å². The number of nitrogens with one attached hydrogen (secondary N) is 2. The molecule has 0 spiro atoms. The van der Waals surface area contributed by atoms with Gasteiger partial charge < -0.3 is 21.3 Å². The number of urea groups is 1. The molecule has 0 aromatic heterocycles. The zero-order valence-electron chi connectivity index (χ0n) is 15.8. The zero-order chi connectivity index (χ0) is 20.1. The summed E-state index contributed by atoms with van der Waals surface area (Å²) < 4.78 is 0. The lowest BCUT2D eigenvalue weighted by Crippen LogP contribution is -2.42. The van der Waals surface area contributed by atoms with Gasteiger partial charge in [-0.25, -0.2) is 4.79 Å². The van der Waals surface area contributed by atoms with Gasteiger partial charge in [0.2, 0.25) is 0 Å². The SMILES string of the molecule is CC1CCCCN1C(=O)c1ccc(NC(=O)c2cccc(NC(N)=O)c2)cc1. The lowest BCUT2D eigenvalue weighted by Gasteiger charge is -2.33. The highest BCUT2D eigenvalue weighted by Crippen LogP contribution is 2.20. The van der Waals surface area contributed by atoms with Crippen LogP contribution in [0.1, 0.15) is 46.9 Å². The molecule has 0 radical (unpaired) electrons. The Morgan fingerprint density at radius 1 is 0.964 bits per heavy atom. The molecular formula is C21H24N4O3. The fourth-order valence-corrected chi connectivity index (χ4v) is 3.35. The number of rotatable bonds is 4. The van der Waals surface area contributed by atoms with E-state index in [1.807, 2.05) is 4.90 Å². The number of carbonyl (C=O) groups excluding carboxylic acids is 3. The molecule has 3 rings (SSSR count). The lowest BCUT2D eigenvalue weighted by molar-refractivity contribution is 0.0635. The van der Waals surface area contributed by atoms with Crippen molar-refractivity contribution in [3.8, 4) is 0 Å². The maximum Gasteiger partial charge on any atom is 0.316 e. The third-order valence-corrected chi connectivity index (χ3v) is 4.85. The van der Waals surface area contributed by atoms with Gasteiger partial charge in [0, 0.05) is 35.1 Å². The molecule has 7 heteroatoms. The molecule has 4 N–H and O–H groups in total. The average Bonchev–Trinajstić information content (AvgIpc) is 2.68. The molecule has 0 saturated carbocycles. The van der Waals surface area contributed by atoms with Crippen LogP contribution in [0.2, 0.25) is 0 Å². The number of nitrogens with two attached hydrogens (primary N) is 1. The first-order valence-electron chi connectivity index (χ1n) is 9.33. The number of benzene rings is 2. The molecule has 1 atom stereocenters. The van der Waals surface area contributed by atoms with Crippen LogP contribution in [0.4, 0.5) is 16.2 Å². The van der Waals surface area contributed by atoms with Gasteiger partial charge in [-0.05, 0) is 68.7 Å². The first-order chi connectivity index (χ1) is 13.4. The Kier molecular flexibility index (Phi) is 5.93. The number of hydrogen-bond donors (Lipinski definition) is 3. The van der Waals surface area contributed by atoms with E-state index in [0.717, 1.165) is 25.8 Å². The lowest BCUT2D eigenvalue weighted by atomic mass is 10.0. The maximum atomic E-state index is 12.7. The minimum absolute atomic E-state index is 0.0234. The van der Waals surface area contributed by atoms with Crippen LogP contribution in [0.5, 0.6) is 0 Å². The van der Waals surface area contributed by atoms with E-state index in [-0.39, 0.29) is 17.9 Å². The Labute approximate surface area is 163 Å². The fraction of sp³-hybridized carbons (Fsp3) is 0.286. The fourth-order valence-electron chi connectivity index (χ4n) is 3.35. The van der Waals surface area contributed by atoms with Crippen molar-refractivity contribution in [2.45, 2.75) is 32.2 Å². The van der Waals surface area contributed by atoms with Gasteiger partial charge in [-0.2, -0.15) is 0 Å². The third-order valence-electron chi connectivity index (χ3n) is 4.85. The molecule has 1 unspecified atom stereocenters. The van der Waals surface area contributed by atoms with E-state index in [4.69, 9.17) is 5.73 Å². The second kappa shape index (κ2) is 8.56. The predicted octanol–water partition coefficient (Wildman–Crippen LogP) is 3.44. The van der Waals surface area contributed by atoms with Gasteiger partial charge in [-0.3, -0.25) is 9.59 Å². The Balaban J connectivity index is 1.66. The molecule has 2 aromatic carbocycles. The van der Waals surface area contributed by atoms with E-state index in [0.29, 0.717) is 22.5 Å². The quantitative estimate of drug-likeness (QED) is 0.756. The highest BCUT2D eigenvalue weighted by atomic mass is 16.2.